The second-order valence-electron chi connectivity index (χ2n) is 9.82. The predicted octanol–water partition coefficient (Wildman–Crippen LogP) is 2.66. The average Bonchev–Trinajstić information content (AvgIpc) is 3.43. The van der Waals surface area contributed by atoms with Gasteiger partial charge in [0.25, 0.3) is 5.91 Å². The van der Waals surface area contributed by atoms with Gasteiger partial charge in [-0.15, -0.1) is 0 Å². The number of aliphatic hydroxyl groups excluding tert-OH is 2. The number of allylic oxidation sites excluding steroid dienone is 7. The number of fused-ring (bicyclic) bond motifs is 4. The highest BCUT2D eigenvalue weighted by molar-refractivity contribution is 6.21. The lowest BCUT2D eigenvalue weighted by Gasteiger charge is -2.20. The number of aliphatic hydroxyl groups is 2. The van der Waals surface area contributed by atoms with Gasteiger partial charge in [0.15, 0.2) is 5.78 Å². The summed E-state index contributed by atoms with van der Waals surface area (Å²) in [4.78, 5) is 37.0. The lowest BCUT2D eigenvalue weighted by atomic mass is 9.85. The van der Waals surface area contributed by atoms with Crippen LogP contribution in [0.5, 0.6) is 0 Å². The van der Waals surface area contributed by atoms with Crippen LogP contribution in [0.25, 0.3) is 0 Å². The first-order chi connectivity index (χ1) is 16.4. The fourth-order valence-corrected chi connectivity index (χ4v) is 5.84. The summed E-state index contributed by atoms with van der Waals surface area (Å²) in [7, 11) is 0. The van der Waals surface area contributed by atoms with E-state index in [1.54, 1.807) is 6.08 Å². The Kier molecular flexibility index (Phi) is 7.51. The molecule has 0 radical (unpaired) electrons. The molecule has 0 aromatic carbocycles. The molecule has 2 amide bonds. The molecule has 4 N–H and O–H groups in total. The molecule has 2 bridgehead atoms. The van der Waals surface area contributed by atoms with Crippen molar-refractivity contribution in [3.8, 4) is 0 Å². The van der Waals surface area contributed by atoms with Crippen molar-refractivity contribution in [3.05, 3.63) is 59.9 Å². The van der Waals surface area contributed by atoms with Crippen LogP contribution in [0.2, 0.25) is 0 Å². The van der Waals surface area contributed by atoms with E-state index < -0.39 is 29.6 Å². The number of carbonyl (C=O) groups is 3. The van der Waals surface area contributed by atoms with Gasteiger partial charge in [0, 0.05) is 19.0 Å². The minimum atomic E-state index is -1.13. The summed E-state index contributed by atoms with van der Waals surface area (Å²) in [5.41, 5.74) is -0.267. The van der Waals surface area contributed by atoms with Crippen LogP contribution in [-0.4, -0.2) is 46.5 Å². The summed E-state index contributed by atoms with van der Waals surface area (Å²) in [6.45, 7) is 2.43. The topological polar surface area (TPSA) is 116 Å². The van der Waals surface area contributed by atoms with Gasteiger partial charge in [-0.3, -0.25) is 14.4 Å². The zero-order valence-corrected chi connectivity index (χ0v) is 19.5. The summed E-state index contributed by atoms with van der Waals surface area (Å²) in [6.07, 6.45) is 17.7. The van der Waals surface area contributed by atoms with Gasteiger partial charge >= 0.3 is 0 Å². The molecule has 2 aliphatic carbocycles. The normalized spacial score (nSPS) is 39.7. The minimum Gasteiger partial charge on any atom is -0.509 e. The molecule has 0 aromatic heterocycles. The Bertz CT molecular complexity index is 976. The summed E-state index contributed by atoms with van der Waals surface area (Å²) in [5, 5.41) is 26.0. The number of hydrogen-bond donors (Lipinski definition) is 4. The van der Waals surface area contributed by atoms with Crippen LogP contribution < -0.4 is 10.6 Å². The SMILES string of the molecule is C[C@H]1C=C[C@@H]2[C@H]3C/C=C\C=C\C(=O)NCC[C@H](O)C4NC(=O)C(=C4O)C(=O)CC/C=C/[C@@H]3C[C@@H]21. The van der Waals surface area contributed by atoms with Crippen LogP contribution in [0.4, 0.5) is 0 Å². The third-order valence-corrected chi connectivity index (χ3v) is 7.69. The van der Waals surface area contributed by atoms with Crippen molar-refractivity contribution in [1.82, 2.24) is 10.6 Å². The van der Waals surface area contributed by atoms with Crippen molar-refractivity contribution in [2.45, 2.75) is 51.2 Å². The second-order valence-corrected chi connectivity index (χ2v) is 9.82. The number of carbonyl (C=O) groups excluding carboxylic acids is 3. The van der Waals surface area contributed by atoms with Crippen molar-refractivity contribution in [2.24, 2.45) is 29.6 Å². The van der Waals surface area contributed by atoms with Gasteiger partial charge in [0.1, 0.15) is 17.4 Å². The zero-order chi connectivity index (χ0) is 24.2. The molecule has 1 fully saturated rings. The highest BCUT2D eigenvalue weighted by atomic mass is 16.3. The fourth-order valence-electron chi connectivity index (χ4n) is 5.84. The smallest absolute Gasteiger partial charge is 0.259 e. The van der Waals surface area contributed by atoms with Gasteiger partial charge in [0.05, 0.1) is 6.10 Å². The Labute approximate surface area is 200 Å². The molecule has 4 rings (SSSR count). The molecule has 7 atom stereocenters. The molecule has 1 saturated carbocycles. The Morgan fingerprint density at radius 3 is 2.68 bits per heavy atom. The van der Waals surface area contributed by atoms with E-state index in [9.17, 15) is 24.6 Å². The standard InChI is InChI=1S/C27H34N2O5/c1-16-11-12-19-18-8-3-2-4-10-23(32)28-14-13-22(31)25-26(33)24(27(34)29-25)21(30)9-6-5-7-17(18)15-20(16)19/h2-5,7,10-12,16-20,22,25,31,33H,6,8-9,13-15H2,1H3,(H,28,32)(H,29,34)/b3-2-,7-5+,10-4+/t16-,17+,18-,19+,20+,22-,25?/m0/s1. The van der Waals surface area contributed by atoms with Gasteiger partial charge in [0.2, 0.25) is 5.91 Å². The van der Waals surface area contributed by atoms with Crippen LogP contribution >= 0.6 is 0 Å². The van der Waals surface area contributed by atoms with E-state index in [4.69, 9.17) is 0 Å². The third kappa shape index (κ3) is 5.09. The molecule has 4 aliphatic rings. The first-order valence-corrected chi connectivity index (χ1v) is 12.3. The zero-order valence-electron chi connectivity index (χ0n) is 19.5. The fraction of sp³-hybridized carbons (Fsp3) is 0.519. The molecule has 7 nitrogen and oxygen atoms in total. The number of rotatable bonds is 0. The molecular formula is C27H34N2O5. The van der Waals surface area contributed by atoms with Crippen molar-refractivity contribution in [2.75, 3.05) is 6.54 Å². The second kappa shape index (κ2) is 10.6. The summed E-state index contributed by atoms with van der Waals surface area (Å²) < 4.78 is 0. The maximum absolute atomic E-state index is 12.7. The Hall–Kier alpha value is -2.93. The first-order valence-electron chi connectivity index (χ1n) is 12.3. The molecule has 7 heteroatoms. The quantitative estimate of drug-likeness (QED) is 0.324. The van der Waals surface area contributed by atoms with Crippen LogP contribution in [0.1, 0.15) is 39.0 Å². The van der Waals surface area contributed by atoms with Gasteiger partial charge in [-0.1, -0.05) is 49.5 Å². The van der Waals surface area contributed by atoms with E-state index in [0.717, 1.165) is 12.8 Å². The van der Waals surface area contributed by atoms with Crippen molar-refractivity contribution in [1.29, 1.82) is 0 Å². The van der Waals surface area contributed by atoms with Crippen LogP contribution in [0.15, 0.2) is 59.9 Å². The largest absolute Gasteiger partial charge is 0.509 e. The van der Waals surface area contributed by atoms with E-state index in [-0.39, 0.29) is 30.9 Å². The summed E-state index contributed by atoms with van der Waals surface area (Å²) in [5.74, 6) is 0.810. The van der Waals surface area contributed by atoms with Crippen molar-refractivity contribution >= 4 is 17.6 Å². The molecule has 1 unspecified atom stereocenters. The minimum absolute atomic E-state index is 0.117. The molecule has 0 spiro atoms. The molecule has 2 heterocycles. The number of Topliss-reactive ketones (excluding diaryl/α,β-unsaturated/α-hetero) is 1. The summed E-state index contributed by atoms with van der Waals surface area (Å²) >= 11 is 0. The van der Waals surface area contributed by atoms with Crippen LogP contribution in [-0.2, 0) is 14.4 Å². The number of nitrogens with one attached hydrogen (secondary N) is 2. The number of amides is 2. The van der Waals surface area contributed by atoms with Crippen molar-refractivity contribution in [3.63, 3.8) is 0 Å². The van der Waals surface area contributed by atoms with E-state index in [2.05, 4.69) is 41.9 Å². The van der Waals surface area contributed by atoms with Gasteiger partial charge in [-0.25, -0.2) is 0 Å². The van der Waals surface area contributed by atoms with E-state index in [1.165, 1.54) is 6.08 Å². The molecule has 0 saturated heterocycles. The lowest BCUT2D eigenvalue weighted by molar-refractivity contribution is -0.122. The van der Waals surface area contributed by atoms with Gasteiger partial charge in [-0.05, 0) is 55.3 Å². The monoisotopic (exact) mass is 466 g/mol. The first kappa shape index (κ1) is 24.2. The molecule has 0 aromatic rings. The summed E-state index contributed by atoms with van der Waals surface area (Å²) in [6, 6.07) is -1.04. The van der Waals surface area contributed by atoms with Crippen LogP contribution in [0, 0.1) is 29.6 Å². The average molecular weight is 467 g/mol. The Morgan fingerprint density at radius 1 is 1.03 bits per heavy atom. The predicted molar refractivity (Wildman–Crippen MR) is 128 cm³/mol. The molecule has 182 valence electrons. The maximum Gasteiger partial charge on any atom is 0.259 e. The van der Waals surface area contributed by atoms with Crippen LogP contribution in [0.3, 0.4) is 0 Å². The number of hydrogen-bond acceptors (Lipinski definition) is 5. The lowest BCUT2D eigenvalue weighted by Crippen LogP contribution is -2.41. The Morgan fingerprint density at radius 2 is 1.85 bits per heavy atom. The molecule has 2 aliphatic heterocycles. The Balaban J connectivity index is 1.52. The van der Waals surface area contributed by atoms with Gasteiger partial charge in [-0.2, -0.15) is 0 Å². The van der Waals surface area contributed by atoms with E-state index in [0.29, 0.717) is 36.0 Å². The maximum atomic E-state index is 12.7. The van der Waals surface area contributed by atoms with E-state index in [1.807, 2.05) is 12.2 Å². The van der Waals surface area contributed by atoms with Gasteiger partial charge < -0.3 is 20.8 Å². The highest BCUT2D eigenvalue weighted by Crippen LogP contribution is 2.51. The third-order valence-electron chi connectivity index (χ3n) is 7.69. The number of ketones is 1. The van der Waals surface area contributed by atoms with Crippen molar-refractivity contribution < 1.29 is 24.6 Å². The highest BCUT2D eigenvalue weighted by Gasteiger charge is 2.44. The molecule has 34 heavy (non-hydrogen) atoms. The van der Waals surface area contributed by atoms with E-state index >= 15 is 0 Å². The molecular weight excluding hydrogens is 432 g/mol.